The summed E-state index contributed by atoms with van der Waals surface area (Å²) in [6.45, 7) is 3.13. The minimum absolute atomic E-state index is 0.0663. The number of amides is 1. The fraction of sp³-hybridized carbons (Fsp3) is 0.267. The van der Waals surface area contributed by atoms with Crippen LogP contribution >= 0.6 is 34.3 Å². The summed E-state index contributed by atoms with van der Waals surface area (Å²) in [5, 5.41) is 6.74. The van der Waals surface area contributed by atoms with Crippen molar-refractivity contribution in [3.05, 3.63) is 44.8 Å². The number of aryl methyl sites for hydroxylation is 1. The van der Waals surface area contributed by atoms with E-state index in [9.17, 15) is 4.79 Å². The number of carbonyl (C=O) groups is 1. The number of nitrogens with zero attached hydrogens (tertiary/aromatic N) is 4. The standard InChI is InChI=1S/C15H15ClN4OS2/c1-3-20(8-11-4-5-13(16)23-11)15(21)12-9-22-14(18-12)10-6-17-19(2)7-10/h4-7,9H,3,8H2,1-2H3. The molecule has 0 atom stereocenters. The lowest BCUT2D eigenvalue weighted by atomic mass is 10.3. The lowest BCUT2D eigenvalue weighted by Gasteiger charge is -2.18. The van der Waals surface area contributed by atoms with E-state index < -0.39 is 0 Å². The normalized spacial score (nSPS) is 10.9. The molecule has 0 radical (unpaired) electrons. The van der Waals surface area contributed by atoms with Gasteiger partial charge in [-0.25, -0.2) is 4.98 Å². The van der Waals surface area contributed by atoms with Crippen LogP contribution in [-0.2, 0) is 13.6 Å². The van der Waals surface area contributed by atoms with Crippen molar-refractivity contribution >= 4 is 40.2 Å². The minimum Gasteiger partial charge on any atom is -0.332 e. The molecular weight excluding hydrogens is 352 g/mol. The van der Waals surface area contributed by atoms with Gasteiger partial charge in [0.25, 0.3) is 5.91 Å². The molecule has 23 heavy (non-hydrogen) atoms. The Balaban J connectivity index is 1.77. The van der Waals surface area contributed by atoms with Gasteiger partial charge in [-0.05, 0) is 19.1 Å². The van der Waals surface area contributed by atoms with Crippen LogP contribution in [0.3, 0.4) is 0 Å². The second kappa shape index (κ2) is 6.82. The van der Waals surface area contributed by atoms with Gasteiger partial charge in [-0.2, -0.15) is 5.10 Å². The van der Waals surface area contributed by atoms with Gasteiger partial charge in [0, 0.05) is 35.6 Å². The molecule has 0 aromatic carbocycles. The number of aromatic nitrogens is 3. The van der Waals surface area contributed by atoms with Crippen LogP contribution in [-0.4, -0.2) is 32.1 Å². The third kappa shape index (κ3) is 3.63. The maximum absolute atomic E-state index is 12.7. The monoisotopic (exact) mass is 366 g/mol. The highest BCUT2D eigenvalue weighted by Gasteiger charge is 2.19. The second-order valence-corrected chi connectivity index (χ2v) is 7.62. The highest BCUT2D eigenvalue weighted by Crippen LogP contribution is 2.25. The Bertz CT molecular complexity index is 823. The predicted molar refractivity (Wildman–Crippen MR) is 94.1 cm³/mol. The number of carbonyl (C=O) groups excluding carboxylic acids is 1. The summed E-state index contributed by atoms with van der Waals surface area (Å²) in [6, 6.07) is 3.80. The zero-order chi connectivity index (χ0) is 16.4. The van der Waals surface area contributed by atoms with E-state index in [1.807, 2.05) is 32.3 Å². The van der Waals surface area contributed by atoms with E-state index >= 15 is 0 Å². The van der Waals surface area contributed by atoms with E-state index in [1.54, 1.807) is 21.2 Å². The maximum Gasteiger partial charge on any atom is 0.273 e. The summed E-state index contributed by atoms with van der Waals surface area (Å²) in [6.07, 6.45) is 3.64. The Morgan fingerprint density at radius 3 is 2.87 bits per heavy atom. The number of thiophene rings is 1. The minimum atomic E-state index is -0.0663. The van der Waals surface area contributed by atoms with Crippen molar-refractivity contribution in [2.24, 2.45) is 7.05 Å². The smallest absolute Gasteiger partial charge is 0.273 e. The van der Waals surface area contributed by atoms with Gasteiger partial charge in [-0.15, -0.1) is 22.7 Å². The Morgan fingerprint density at radius 2 is 2.26 bits per heavy atom. The molecule has 0 fully saturated rings. The average Bonchev–Trinajstić information content (AvgIpc) is 3.25. The molecule has 0 saturated carbocycles. The number of rotatable bonds is 5. The molecule has 3 aromatic rings. The summed E-state index contributed by atoms with van der Waals surface area (Å²) in [5.41, 5.74) is 1.39. The Kier molecular flexibility index (Phi) is 4.79. The summed E-state index contributed by atoms with van der Waals surface area (Å²) in [7, 11) is 1.86. The number of hydrogen-bond donors (Lipinski definition) is 0. The highest BCUT2D eigenvalue weighted by atomic mass is 35.5. The molecule has 3 rings (SSSR count). The molecule has 8 heteroatoms. The van der Waals surface area contributed by atoms with Crippen molar-refractivity contribution in [3.63, 3.8) is 0 Å². The third-order valence-corrected chi connectivity index (χ3v) is 5.43. The molecule has 5 nitrogen and oxygen atoms in total. The summed E-state index contributed by atoms with van der Waals surface area (Å²) in [5.74, 6) is -0.0663. The number of halogens is 1. The van der Waals surface area contributed by atoms with Crippen LogP contribution in [0.1, 0.15) is 22.3 Å². The molecule has 0 aliphatic carbocycles. The molecule has 0 aliphatic rings. The number of hydrogen-bond acceptors (Lipinski definition) is 5. The van der Waals surface area contributed by atoms with Crippen molar-refractivity contribution < 1.29 is 4.79 Å². The van der Waals surface area contributed by atoms with E-state index in [0.717, 1.165) is 19.8 Å². The third-order valence-electron chi connectivity index (χ3n) is 3.32. The highest BCUT2D eigenvalue weighted by molar-refractivity contribution is 7.16. The summed E-state index contributed by atoms with van der Waals surface area (Å²) >= 11 is 8.90. The molecule has 0 unspecified atom stereocenters. The molecule has 0 bridgehead atoms. The molecule has 3 heterocycles. The van der Waals surface area contributed by atoms with Crippen molar-refractivity contribution in [1.29, 1.82) is 0 Å². The predicted octanol–water partition coefficient (Wildman–Crippen LogP) is 3.92. The zero-order valence-corrected chi connectivity index (χ0v) is 15.1. The van der Waals surface area contributed by atoms with E-state index in [4.69, 9.17) is 11.6 Å². The quantitative estimate of drug-likeness (QED) is 0.687. The van der Waals surface area contributed by atoms with Crippen LogP contribution in [0.25, 0.3) is 10.6 Å². The largest absolute Gasteiger partial charge is 0.332 e. The van der Waals surface area contributed by atoms with Gasteiger partial charge in [0.1, 0.15) is 10.7 Å². The van der Waals surface area contributed by atoms with Gasteiger partial charge in [0.05, 0.1) is 17.1 Å². The average molecular weight is 367 g/mol. The maximum atomic E-state index is 12.7. The lowest BCUT2D eigenvalue weighted by molar-refractivity contribution is 0.0749. The molecule has 0 aliphatic heterocycles. The Morgan fingerprint density at radius 1 is 1.43 bits per heavy atom. The Hall–Kier alpha value is -1.70. The summed E-state index contributed by atoms with van der Waals surface area (Å²) in [4.78, 5) is 19.9. The van der Waals surface area contributed by atoms with Gasteiger partial charge in [0.2, 0.25) is 0 Å². The van der Waals surface area contributed by atoms with Crippen molar-refractivity contribution in [2.45, 2.75) is 13.5 Å². The molecule has 120 valence electrons. The van der Waals surface area contributed by atoms with E-state index in [0.29, 0.717) is 18.8 Å². The molecule has 1 amide bonds. The second-order valence-electron chi connectivity index (χ2n) is 4.97. The SMILES string of the molecule is CCN(Cc1ccc(Cl)s1)C(=O)c1csc(-c2cnn(C)c2)n1. The van der Waals surface area contributed by atoms with E-state index in [1.165, 1.54) is 22.7 Å². The van der Waals surface area contributed by atoms with Crippen molar-refractivity contribution in [1.82, 2.24) is 19.7 Å². The van der Waals surface area contributed by atoms with E-state index in [2.05, 4.69) is 10.1 Å². The lowest BCUT2D eigenvalue weighted by Crippen LogP contribution is -2.30. The zero-order valence-electron chi connectivity index (χ0n) is 12.7. The number of thiazole rings is 1. The van der Waals surface area contributed by atoms with Gasteiger partial charge in [0.15, 0.2) is 0 Å². The molecule has 3 aromatic heterocycles. The molecular formula is C15H15ClN4OS2. The molecule has 0 spiro atoms. The topological polar surface area (TPSA) is 51.0 Å². The van der Waals surface area contributed by atoms with Gasteiger partial charge >= 0.3 is 0 Å². The van der Waals surface area contributed by atoms with Crippen LogP contribution in [0.5, 0.6) is 0 Å². The first-order valence-electron chi connectivity index (χ1n) is 7.05. The first-order valence-corrected chi connectivity index (χ1v) is 9.12. The van der Waals surface area contributed by atoms with Gasteiger partial charge in [-0.3, -0.25) is 9.48 Å². The van der Waals surface area contributed by atoms with E-state index in [-0.39, 0.29) is 5.91 Å². The fourth-order valence-corrected chi connectivity index (χ4v) is 4.02. The Labute approximate surface area is 147 Å². The van der Waals surface area contributed by atoms with Crippen molar-refractivity contribution in [2.75, 3.05) is 6.54 Å². The van der Waals surface area contributed by atoms with Crippen LogP contribution < -0.4 is 0 Å². The molecule has 0 saturated heterocycles. The van der Waals surface area contributed by atoms with Gasteiger partial charge < -0.3 is 4.90 Å². The van der Waals surface area contributed by atoms with Crippen LogP contribution in [0, 0.1) is 0 Å². The van der Waals surface area contributed by atoms with Crippen LogP contribution in [0.2, 0.25) is 4.34 Å². The van der Waals surface area contributed by atoms with Crippen molar-refractivity contribution in [3.8, 4) is 10.6 Å². The first kappa shape index (κ1) is 16.2. The van der Waals surface area contributed by atoms with Gasteiger partial charge in [-0.1, -0.05) is 11.6 Å². The molecule has 0 N–H and O–H groups in total. The van der Waals surface area contributed by atoms with Crippen LogP contribution in [0.15, 0.2) is 29.9 Å². The first-order chi connectivity index (χ1) is 11.1. The van der Waals surface area contributed by atoms with Crippen LogP contribution in [0.4, 0.5) is 0 Å². The fourth-order valence-electron chi connectivity index (χ4n) is 2.15. The summed E-state index contributed by atoms with van der Waals surface area (Å²) < 4.78 is 2.45.